The number of alkyl halides is 2. The van der Waals surface area contributed by atoms with E-state index in [4.69, 9.17) is 33.9 Å². The number of ether oxygens (including phenoxy) is 4. The second kappa shape index (κ2) is 20.4. The van der Waals surface area contributed by atoms with Gasteiger partial charge in [-0.05, 0) is 98.2 Å². The lowest BCUT2D eigenvalue weighted by Crippen LogP contribution is -2.29. The van der Waals surface area contributed by atoms with E-state index in [-0.39, 0.29) is 50.4 Å². The number of aryl methyl sites for hydroxylation is 4. The molecule has 0 amide bonds. The van der Waals surface area contributed by atoms with E-state index in [9.17, 15) is 17.2 Å². The van der Waals surface area contributed by atoms with Crippen LogP contribution in [-0.4, -0.2) is 127 Å². The molecular formula is C49H64F2N8O6S. The maximum Gasteiger partial charge on any atom is 0.222 e. The van der Waals surface area contributed by atoms with Crippen molar-refractivity contribution >= 4 is 32.1 Å². The standard InChI is InChI=1S/C25H33FN4O4S.C24H31FN4O2/c1-15(2)19-8-7-18(25(27-19)33-5)23-16(3)11-20-24(28-23)17(4)12-30(20)21-13-29(35(6,31)32)14-22(21)34-10-9-26;1-14(2)18-7-6-17(24(27-18)30-5)22-15(3)10-19-23(28-22)16(4)13-29(19)20-11-26-12-21(20)31-9-8-25/h7-8,11-12,15,21-22H,9-10,13-14H2,1-6H3;6-7,10,13-14,20-21,26H,8-9,11-12H2,1-5H3/t21-,22+;20-,21+/m11/s1. The first-order valence-electron chi connectivity index (χ1n) is 22.6. The molecule has 8 heterocycles. The monoisotopic (exact) mass is 930 g/mol. The summed E-state index contributed by atoms with van der Waals surface area (Å²) in [6.45, 7) is 17.4. The van der Waals surface area contributed by atoms with Crippen LogP contribution in [0.1, 0.15) is 85.3 Å². The van der Waals surface area contributed by atoms with Crippen LogP contribution in [-0.2, 0) is 19.5 Å². The van der Waals surface area contributed by atoms with Crippen LogP contribution in [0.5, 0.6) is 11.8 Å². The zero-order valence-corrected chi connectivity index (χ0v) is 40.8. The Morgan fingerprint density at radius 2 is 1.14 bits per heavy atom. The van der Waals surface area contributed by atoms with E-state index >= 15 is 0 Å². The number of rotatable bonds is 15. The van der Waals surface area contributed by atoms with Crippen molar-refractivity contribution in [2.24, 2.45) is 0 Å². The first-order valence-corrected chi connectivity index (χ1v) is 24.4. The quantitative estimate of drug-likeness (QED) is 0.106. The van der Waals surface area contributed by atoms with Crippen LogP contribution < -0.4 is 14.8 Å². The summed E-state index contributed by atoms with van der Waals surface area (Å²) < 4.78 is 78.4. The Kier molecular flexibility index (Phi) is 15.1. The number of nitrogens with zero attached hydrogens (tertiary/aromatic N) is 7. The molecule has 6 aromatic rings. The molecule has 14 nitrogen and oxygen atoms in total. The van der Waals surface area contributed by atoms with Gasteiger partial charge in [0, 0.05) is 50.0 Å². The maximum absolute atomic E-state index is 12.9. The van der Waals surface area contributed by atoms with Gasteiger partial charge in [-0.3, -0.25) is 0 Å². The fourth-order valence-corrected chi connectivity index (χ4v) is 9.92. The van der Waals surface area contributed by atoms with Gasteiger partial charge in [-0.25, -0.2) is 37.1 Å². The number of hydrogen-bond donors (Lipinski definition) is 1. The summed E-state index contributed by atoms with van der Waals surface area (Å²) in [5, 5.41) is 3.37. The van der Waals surface area contributed by atoms with E-state index in [0.717, 1.165) is 91.3 Å². The second-order valence-electron chi connectivity index (χ2n) is 17.9. The average Bonchev–Trinajstić information content (AvgIpc) is 4.08. The molecule has 2 aliphatic heterocycles. The van der Waals surface area contributed by atoms with Crippen LogP contribution in [0.4, 0.5) is 8.78 Å². The summed E-state index contributed by atoms with van der Waals surface area (Å²) in [6, 6.07) is 12.1. The van der Waals surface area contributed by atoms with Crippen molar-refractivity contribution in [3.8, 4) is 34.3 Å². The van der Waals surface area contributed by atoms with E-state index in [1.54, 1.807) is 14.2 Å². The lowest BCUT2D eigenvalue weighted by atomic mass is 10.0. The summed E-state index contributed by atoms with van der Waals surface area (Å²) in [7, 11) is -0.150. The molecule has 0 aromatic carbocycles. The lowest BCUT2D eigenvalue weighted by molar-refractivity contribution is 0.0324. The third-order valence-electron chi connectivity index (χ3n) is 12.5. The largest absolute Gasteiger partial charge is 0.480 e. The van der Waals surface area contributed by atoms with Crippen molar-refractivity contribution in [3.05, 3.63) is 82.4 Å². The maximum atomic E-state index is 12.9. The summed E-state index contributed by atoms with van der Waals surface area (Å²) in [5.74, 6) is 1.72. The minimum atomic E-state index is -3.41. The van der Waals surface area contributed by atoms with Crippen molar-refractivity contribution in [1.82, 2.24) is 38.7 Å². The normalized spacial score (nSPS) is 19.1. The Balaban J connectivity index is 0.000000198. The van der Waals surface area contributed by atoms with Crippen LogP contribution in [0.2, 0.25) is 0 Å². The van der Waals surface area contributed by atoms with Crippen LogP contribution in [0, 0.1) is 27.7 Å². The minimum absolute atomic E-state index is 0.0568. The predicted octanol–water partition coefficient (Wildman–Crippen LogP) is 8.36. The summed E-state index contributed by atoms with van der Waals surface area (Å²) >= 11 is 0. The number of nitrogens with one attached hydrogen (secondary N) is 1. The summed E-state index contributed by atoms with van der Waals surface area (Å²) in [4.78, 5) is 19.4. The molecule has 0 aliphatic carbocycles. The van der Waals surface area contributed by atoms with Gasteiger partial charge in [0.1, 0.15) is 13.3 Å². The Morgan fingerprint density at radius 3 is 1.58 bits per heavy atom. The van der Waals surface area contributed by atoms with Crippen LogP contribution in [0.15, 0.2) is 48.8 Å². The Labute approximate surface area is 387 Å². The molecule has 0 unspecified atom stereocenters. The van der Waals surface area contributed by atoms with Gasteiger partial charge in [0.25, 0.3) is 0 Å². The van der Waals surface area contributed by atoms with E-state index < -0.39 is 29.5 Å². The van der Waals surface area contributed by atoms with Gasteiger partial charge < -0.3 is 33.4 Å². The highest BCUT2D eigenvalue weighted by molar-refractivity contribution is 7.88. The van der Waals surface area contributed by atoms with Crippen molar-refractivity contribution in [1.29, 1.82) is 0 Å². The van der Waals surface area contributed by atoms with Gasteiger partial charge in [-0.2, -0.15) is 4.31 Å². The highest BCUT2D eigenvalue weighted by atomic mass is 32.2. The van der Waals surface area contributed by atoms with Crippen molar-refractivity contribution in [3.63, 3.8) is 0 Å². The first-order chi connectivity index (χ1) is 31.5. The Bertz CT molecular complexity index is 2790. The van der Waals surface area contributed by atoms with E-state index in [1.807, 2.05) is 42.8 Å². The molecule has 0 bridgehead atoms. The number of pyridine rings is 4. The number of fused-ring (bicyclic) bond motifs is 2. The number of methoxy groups -OCH3 is 2. The predicted molar refractivity (Wildman–Crippen MR) is 255 cm³/mol. The highest BCUT2D eigenvalue weighted by Gasteiger charge is 2.40. The zero-order valence-electron chi connectivity index (χ0n) is 40.0. The third-order valence-corrected chi connectivity index (χ3v) is 13.8. The first kappa shape index (κ1) is 48.9. The molecule has 356 valence electrons. The van der Waals surface area contributed by atoms with Crippen LogP contribution in [0.3, 0.4) is 0 Å². The highest BCUT2D eigenvalue weighted by Crippen LogP contribution is 2.38. The zero-order chi connectivity index (χ0) is 47.6. The average molecular weight is 931 g/mol. The summed E-state index contributed by atoms with van der Waals surface area (Å²) in [5.41, 5.74) is 13.1. The minimum Gasteiger partial charge on any atom is -0.480 e. The molecule has 1 N–H and O–H groups in total. The number of sulfonamides is 1. The van der Waals surface area contributed by atoms with E-state index in [2.05, 4.69) is 80.8 Å². The van der Waals surface area contributed by atoms with Gasteiger partial charge in [-0.15, -0.1) is 0 Å². The molecule has 6 aromatic heterocycles. The Morgan fingerprint density at radius 1 is 0.667 bits per heavy atom. The molecule has 66 heavy (non-hydrogen) atoms. The lowest BCUT2D eigenvalue weighted by Gasteiger charge is -2.21. The molecule has 8 rings (SSSR count). The second-order valence-corrected chi connectivity index (χ2v) is 19.9. The topological polar surface area (TPSA) is 148 Å². The van der Waals surface area contributed by atoms with Crippen molar-refractivity contribution in [2.75, 3.05) is 73.2 Å². The number of aromatic nitrogens is 6. The molecule has 4 atom stereocenters. The van der Waals surface area contributed by atoms with Gasteiger partial charge in [0.15, 0.2) is 0 Å². The SMILES string of the molecule is COc1nc(C(C)C)ccc1-c1nc2c(C)cn([C@@H]3CN(S(C)(=O)=O)C[C@@H]3OCCF)c2cc1C.COc1nc(C(C)C)ccc1-c1nc2c(C)cn([C@@H]3CNC[C@@H]3OCCF)c2cc1C. The number of halogens is 2. The Hall–Kier alpha value is -5.07. The molecular weight excluding hydrogens is 867 g/mol. The molecule has 17 heteroatoms. The fraction of sp³-hybridized carbons (Fsp3) is 0.510. The van der Waals surface area contributed by atoms with Crippen LogP contribution >= 0.6 is 0 Å². The summed E-state index contributed by atoms with van der Waals surface area (Å²) in [6.07, 6.45) is 4.77. The van der Waals surface area contributed by atoms with Gasteiger partial charge in [0.05, 0.1) is 103 Å². The molecule has 2 fully saturated rings. The molecule has 2 aliphatic rings. The van der Waals surface area contributed by atoms with Gasteiger partial charge in [-0.1, -0.05) is 27.7 Å². The third kappa shape index (κ3) is 9.96. The van der Waals surface area contributed by atoms with Gasteiger partial charge in [0.2, 0.25) is 21.8 Å². The number of hydrogen-bond acceptors (Lipinski definition) is 11. The molecule has 0 radical (unpaired) electrons. The smallest absolute Gasteiger partial charge is 0.222 e. The van der Waals surface area contributed by atoms with E-state index in [0.29, 0.717) is 17.7 Å². The molecule has 0 spiro atoms. The molecule has 0 saturated carbocycles. The van der Waals surface area contributed by atoms with Gasteiger partial charge >= 0.3 is 0 Å². The molecule has 2 saturated heterocycles. The van der Waals surface area contributed by atoms with E-state index in [1.165, 1.54) is 10.6 Å². The van der Waals surface area contributed by atoms with Crippen LogP contribution in [0.25, 0.3) is 44.6 Å². The van der Waals surface area contributed by atoms with Crippen molar-refractivity contribution < 1.29 is 36.1 Å². The van der Waals surface area contributed by atoms with Crippen molar-refractivity contribution in [2.45, 2.75) is 91.5 Å². The fourth-order valence-electron chi connectivity index (χ4n) is 9.07.